The Balaban J connectivity index is 2.70. The quantitative estimate of drug-likeness (QED) is 0.426. The van der Waals surface area contributed by atoms with Gasteiger partial charge in [-0.1, -0.05) is 24.3 Å². The van der Waals surface area contributed by atoms with Gasteiger partial charge in [-0.2, -0.15) is 0 Å². The van der Waals surface area contributed by atoms with E-state index in [4.69, 9.17) is 16.7 Å². The van der Waals surface area contributed by atoms with Gasteiger partial charge < -0.3 is 9.90 Å². The van der Waals surface area contributed by atoms with E-state index in [-0.39, 0.29) is 12.3 Å². The normalized spacial score (nSPS) is 31.6. The van der Waals surface area contributed by atoms with E-state index in [1.807, 2.05) is 0 Å². The highest BCUT2D eigenvalue weighted by molar-refractivity contribution is 6.27. The maximum Gasteiger partial charge on any atom is 0.305 e. The average molecular weight is 201 g/mol. The van der Waals surface area contributed by atoms with Crippen molar-refractivity contribution in [1.82, 2.24) is 0 Å². The number of aliphatic carboxylic acids is 1. The Morgan fingerprint density at radius 2 is 2.08 bits per heavy atom. The molecule has 4 heteroatoms. The van der Waals surface area contributed by atoms with Crippen LogP contribution >= 0.6 is 11.6 Å². The maximum atomic E-state index is 10.4. The number of aldehydes is 1. The minimum atomic E-state index is -0.967. The Hall–Kier alpha value is -1.09. The maximum absolute atomic E-state index is 10.4. The standard InChI is InChI=1S/C9H9ClO3/c10-9(5-8(12)13)3-1-7(6-11)2-4-9/h1-4,6-7H,5H2,(H,12,13). The number of rotatable bonds is 3. The van der Waals surface area contributed by atoms with Crippen molar-refractivity contribution in [2.75, 3.05) is 0 Å². The molecule has 0 aromatic rings. The third-order valence-corrected chi connectivity index (χ3v) is 2.16. The van der Waals surface area contributed by atoms with E-state index < -0.39 is 10.8 Å². The molecule has 0 atom stereocenters. The summed E-state index contributed by atoms with van der Waals surface area (Å²) in [6.07, 6.45) is 6.88. The molecule has 70 valence electrons. The van der Waals surface area contributed by atoms with Gasteiger partial charge in [0.2, 0.25) is 0 Å². The van der Waals surface area contributed by atoms with Crippen LogP contribution in [0.15, 0.2) is 24.3 Å². The van der Waals surface area contributed by atoms with Crippen molar-refractivity contribution < 1.29 is 14.7 Å². The van der Waals surface area contributed by atoms with Crippen LogP contribution in [0.2, 0.25) is 0 Å². The minimum absolute atomic E-state index is 0.173. The van der Waals surface area contributed by atoms with E-state index in [0.29, 0.717) is 0 Å². The third-order valence-electron chi connectivity index (χ3n) is 1.77. The van der Waals surface area contributed by atoms with Crippen LogP contribution in [-0.4, -0.2) is 22.2 Å². The Labute approximate surface area is 80.7 Å². The zero-order valence-corrected chi connectivity index (χ0v) is 7.57. The number of carboxylic acids is 1. The van der Waals surface area contributed by atoms with Gasteiger partial charge in [-0.25, -0.2) is 0 Å². The fourth-order valence-electron chi connectivity index (χ4n) is 1.10. The average Bonchev–Trinajstić information content (AvgIpc) is 2.04. The van der Waals surface area contributed by atoms with Gasteiger partial charge in [-0.3, -0.25) is 4.79 Å². The first-order valence-electron chi connectivity index (χ1n) is 3.80. The molecule has 0 radical (unpaired) electrons. The summed E-state index contributed by atoms with van der Waals surface area (Å²) in [5.74, 6) is -1.24. The van der Waals surface area contributed by atoms with E-state index in [1.165, 1.54) is 0 Å². The van der Waals surface area contributed by atoms with Crippen LogP contribution in [0.3, 0.4) is 0 Å². The van der Waals surface area contributed by atoms with Gasteiger partial charge in [-0.05, 0) is 0 Å². The summed E-state index contributed by atoms with van der Waals surface area (Å²) in [5.41, 5.74) is 0. The summed E-state index contributed by atoms with van der Waals surface area (Å²) in [4.78, 5) is 19.8. The highest BCUT2D eigenvalue weighted by atomic mass is 35.5. The molecule has 0 saturated carbocycles. The van der Waals surface area contributed by atoms with Crippen molar-refractivity contribution in [3.8, 4) is 0 Å². The van der Waals surface area contributed by atoms with Crippen LogP contribution in [0.25, 0.3) is 0 Å². The van der Waals surface area contributed by atoms with Crippen LogP contribution in [0.1, 0.15) is 6.42 Å². The van der Waals surface area contributed by atoms with E-state index in [9.17, 15) is 9.59 Å². The fourth-order valence-corrected chi connectivity index (χ4v) is 1.36. The fraction of sp³-hybridized carbons (Fsp3) is 0.333. The van der Waals surface area contributed by atoms with Crippen molar-refractivity contribution in [3.63, 3.8) is 0 Å². The van der Waals surface area contributed by atoms with E-state index in [1.54, 1.807) is 24.3 Å². The molecule has 0 fully saturated rings. The van der Waals surface area contributed by atoms with Gasteiger partial charge in [0.15, 0.2) is 0 Å². The summed E-state index contributed by atoms with van der Waals surface area (Å²) in [5, 5.41) is 8.53. The predicted octanol–water partition coefficient (Wildman–Crippen LogP) is 1.38. The Kier molecular flexibility index (Phi) is 2.88. The zero-order valence-electron chi connectivity index (χ0n) is 6.81. The zero-order chi connectivity index (χ0) is 9.90. The van der Waals surface area contributed by atoms with Gasteiger partial charge >= 0.3 is 5.97 Å². The topological polar surface area (TPSA) is 54.4 Å². The first-order valence-corrected chi connectivity index (χ1v) is 4.18. The van der Waals surface area contributed by atoms with Crippen LogP contribution in [0.4, 0.5) is 0 Å². The Morgan fingerprint density at radius 3 is 2.46 bits per heavy atom. The molecule has 0 heterocycles. The highest BCUT2D eigenvalue weighted by Crippen LogP contribution is 2.28. The summed E-state index contributed by atoms with van der Waals surface area (Å²) in [6, 6.07) is 0. The van der Waals surface area contributed by atoms with E-state index >= 15 is 0 Å². The monoisotopic (exact) mass is 200 g/mol. The molecule has 0 saturated heterocycles. The van der Waals surface area contributed by atoms with E-state index in [0.717, 1.165) is 6.29 Å². The molecule has 0 aromatic heterocycles. The predicted molar refractivity (Wildman–Crippen MR) is 48.7 cm³/mol. The van der Waals surface area contributed by atoms with Crippen molar-refractivity contribution in [2.45, 2.75) is 11.3 Å². The molecule has 13 heavy (non-hydrogen) atoms. The molecule has 1 aliphatic carbocycles. The lowest BCUT2D eigenvalue weighted by atomic mass is 9.94. The van der Waals surface area contributed by atoms with Crippen LogP contribution < -0.4 is 0 Å². The molecule has 1 rings (SSSR count). The van der Waals surface area contributed by atoms with Gasteiger partial charge in [0.25, 0.3) is 0 Å². The molecule has 0 aromatic carbocycles. The number of allylic oxidation sites excluding steroid dienone is 4. The van der Waals surface area contributed by atoms with Crippen molar-refractivity contribution in [1.29, 1.82) is 0 Å². The second-order valence-corrected chi connectivity index (χ2v) is 3.63. The van der Waals surface area contributed by atoms with Gasteiger partial charge in [0.1, 0.15) is 6.29 Å². The Bertz CT molecular complexity index is 267. The molecule has 0 aliphatic heterocycles. The smallest absolute Gasteiger partial charge is 0.305 e. The summed E-state index contributed by atoms with van der Waals surface area (Å²) < 4.78 is 0. The van der Waals surface area contributed by atoms with Crippen molar-refractivity contribution in [3.05, 3.63) is 24.3 Å². The lowest BCUT2D eigenvalue weighted by Crippen LogP contribution is -2.22. The molecule has 0 bridgehead atoms. The van der Waals surface area contributed by atoms with Gasteiger partial charge in [0, 0.05) is 0 Å². The first kappa shape index (κ1) is 9.99. The Morgan fingerprint density at radius 1 is 1.54 bits per heavy atom. The van der Waals surface area contributed by atoms with Crippen LogP contribution in [0, 0.1) is 5.92 Å². The summed E-state index contributed by atoms with van der Waals surface area (Å²) in [7, 11) is 0. The number of carboxylic acid groups (broad SMARTS) is 1. The second-order valence-electron chi connectivity index (χ2n) is 2.93. The van der Waals surface area contributed by atoms with Crippen molar-refractivity contribution >= 4 is 23.9 Å². The molecule has 0 amide bonds. The summed E-state index contributed by atoms with van der Waals surface area (Å²) in [6.45, 7) is 0. The molecule has 3 nitrogen and oxygen atoms in total. The number of halogens is 1. The molecular weight excluding hydrogens is 192 g/mol. The van der Waals surface area contributed by atoms with Crippen LogP contribution in [-0.2, 0) is 9.59 Å². The number of carbonyl (C=O) groups excluding carboxylic acids is 1. The number of hydrogen-bond acceptors (Lipinski definition) is 2. The van der Waals surface area contributed by atoms with Gasteiger partial charge in [0.05, 0.1) is 17.2 Å². The highest BCUT2D eigenvalue weighted by Gasteiger charge is 2.26. The van der Waals surface area contributed by atoms with Crippen LogP contribution in [0.5, 0.6) is 0 Å². The lowest BCUT2D eigenvalue weighted by Gasteiger charge is -2.20. The summed E-state index contributed by atoms with van der Waals surface area (Å²) >= 11 is 5.92. The number of hydrogen-bond donors (Lipinski definition) is 1. The van der Waals surface area contributed by atoms with Crippen molar-refractivity contribution in [2.24, 2.45) is 5.92 Å². The third kappa shape index (κ3) is 2.70. The number of carbonyl (C=O) groups is 2. The first-order chi connectivity index (χ1) is 6.06. The SMILES string of the molecule is O=CC1C=CC(Cl)(CC(=O)O)C=C1. The second kappa shape index (κ2) is 3.75. The molecule has 1 N–H and O–H groups in total. The lowest BCUT2D eigenvalue weighted by molar-refractivity contribution is -0.137. The minimum Gasteiger partial charge on any atom is -0.481 e. The van der Waals surface area contributed by atoms with Gasteiger partial charge in [-0.15, -0.1) is 11.6 Å². The molecule has 1 aliphatic rings. The molecule has 0 spiro atoms. The molecular formula is C9H9ClO3. The number of alkyl halides is 1. The largest absolute Gasteiger partial charge is 0.481 e. The van der Waals surface area contributed by atoms with E-state index in [2.05, 4.69) is 0 Å². The molecule has 0 unspecified atom stereocenters.